The van der Waals surface area contributed by atoms with Crippen LogP contribution in [0.3, 0.4) is 0 Å². The summed E-state index contributed by atoms with van der Waals surface area (Å²) in [5, 5.41) is 6.67. The van der Waals surface area contributed by atoms with Crippen molar-refractivity contribution in [1.82, 2.24) is 14.9 Å². The Morgan fingerprint density at radius 3 is 2.71 bits per heavy atom. The first-order chi connectivity index (χ1) is 16.4. The highest BCUT2D eigenvalue weighted by atomic mass is 16.5. The van der Waals surface area contributed by atoms with E-state index in [2.05, 4.69) is 46.5 Å². The molecule has 0 amide bonds. The van der Waals surface area contributed by atoms with Crippen LogP contribution in [0.2, 0.25) is 0 Å². The van der Waals surface area contributed by atoms with E-state index in [4.69, 9.17) is 9.72 Å². The lowest BCUT2D eigenvalue weighted by Gasteiger charge is -2.32. The molecule has 0 aliphatic carbocycles. The Hall–Kier alpha value is -3.45. The molecule has 3 aromatic rings. The van der Waals surface area contributed by atoms with Gasteiger partial charge in [-0.25, -0.2) is 4.98 Å². The average Bonchev–Trinajstić information content (AvgIpc) is 2.85. The third-order valence-corrected chi connectivity index (χ3v) is 6.46. The van der Waals surface area contributed by atoms with E-state index in [1.54, 1.807) is 13.3 Å². The minimum atomic E-state index is 0.463. The minimum absolute atomic E-state index is 0.463. The van der Waals surface area contributed by atoms with Gasteiger partial charge >= 0.3 is 0 Å². The number of methoxy groups -OCH3 is 1. The molecule has 7 heteroatoms. The van der Waals surface area contributed by atoms with Gasteiger partial charge in [0, 0.05) is 36.5 Å². The standard InChI is InChI=1S/C27H33N5O2/c1-6-19-8-7-9-23(22(19)16-33)29-26-18(4)14-28-27(31-26)30-24-12-20-10-11-32(17(2)3)15-21(20)13-25(24)34-5/h7-9,12-14,16-17H,6,10-11,15H2,1-5H3,(H2,28,29,30,31). The van der Waals surface area contributed by atoms with Crippen molar-refractivity contribution in [2.75, 3.05) is 24.3 Å². The fraction of sp³-hybridized carbons (Fsp3) is 0.370. The molecule has 0 bridgehead atoms. The molecule has 7 nitrogen and oxygen atoms in total. The van der Waals surface area contributed by atoms with Gasteiger partial charge in [0.15, 0.2) is 6.29 Å². The predicted molar refractivity (Wildman–Crippen MR) is 137 cm³/mol. The number of nitrogens with zero attached hydrogens (tertiary/aromatic N) is 3. The van der Waals surface area contributed by atoms with E-state index in [0.29, 0.717) is 23.4 Å². The Labute approximate surface area is 201 Å². The zero-order valence-corrected chi connectivity index (χ0v) is 20.6. The molecule has 0 unspecified atom stereocenters. The van der Waals surface area contributed by atoms with Crippen LogP contribution in [-0.2, 0) is 19.4 Å². The maximum atomic E-state index is 11.7. The van der Waals surface area contributed by atoms with Crippen LogP contribution in [0.1, 0.15) is 53.4 Å². The van der Waals surface area contributed by atoms with Crippen molar-refractivity contribution in [3.05, 3.63) is 64.3 Å². The Balaban J connectivity index is 1.62. The van der Waals surface area contributed by atoms with Gasteiger partial charge in [0.2, 0.25) is 5.95 Å². The molecule has 0 fully saturated rings. The lowest BCUT2D eigenvalue weighted by atomic mass is 9.97. The zero-order valence-electron chi connectivity index (χ0n) is 20.6. The Morgan fingerprint density at radius 1 is 1.18 bits per heavy atom. The third kappa shape index (κ3) is 4.89. The molecule has 1 aliphatic rings. The quantitative estimate of drug-likeness (QED) is 0.435. The summed E-state index contributed by atoms with van der Waals surface area (Å²) >= 11 is 0. The largest absolute Gasteiger partial charge is 0.495 e. The number of aromatic nitrogens is 2. The highest BCUT2D eigenvalue weighted by Crippen LogP contribution is 2.34. The highest BCUT2D eigenvalue weighted by Gasteiger charge is 2.21. The molecule has 4 rings (SSSR count). The molecule has 1 aliphatic heterocycles. The van der Waals surface area contributed by atoms with E-state index in [0.717, 1.165) is 60.5 Å². The van der Waals surface area contributed by atoms with Crippen LogP contribution in [0.5, 0.6) is 5.75 Å². The molecule has 2 N–H and O–H groups in total. The van der Waals surface area contributed by atoms with Crippen molar-refractivity contribution < 1.29 is 9.53 Å². The van der Waals surface area contributed by atoms with Crippen LogP contribution in [0.4, 0.5) is 23.1 Å². The van der Waals surface area contributed by atoms with Crippen LogP contribution in [0.15, 0.2) is 36.5 Å². The van der Waals surface area contributed by atoms with Crippen LogP contribution in [-0.4, -0.2) is 40.9 Å². The van der Waals surface area contributed by atoms with Gasteiger partial charge in [0.05, 0.1) is 18.5 Å². The number of carbonyl (C=O) groups excluding carboxylic acids is 1. The average molecular weight is 460 g/mol. The van der Waals surface area contributed by atoms with Crippen LogP contribution < -0.4 is 15.4 Å². The summed E-state index contributed by atoms with van der Waals surface area (Å²) in [5.74, 6) is 1.88. The Bertz CT molecular complexity index is 1190. The molecular formula is C27H33N5O2. The molecule has 0 spiro atoms. The van der Waals surface area contributed by atoms with E-state index < -0.39 is 0 Å². The number of nitrogens with one attached hydrogen (secondary N) is 2. The summed E-state index contributed by atoms with van der Waals surface area (Å²) < 4.78 is 5.69. The number of benzene rings is 2. The van der Waals surface area contributed by atoms with Gasteiger partial charge in [-0.2, -0.15) is 4.98 Å². The van der Waals surface area contributed by atoms with Crippen LogP contribution in [0.25, 0.3) is 0 Å². The summed E-state index contributed by atoms with van der Waals surface area (Å²) in [4.78, 5) is 23.4. The first-order valence-corrected chi connectivity index (χ1v) is 11.8. The molecule has 0 saturated heterocycles. The fourth-order valence-electron chi connectivity index (χ4n) is 4.36. The van der Waals surface area contributed by atoms with Crippen molar-refractivity contribution in [2.24, 2.45) is 0 Å². The molecule has 2 aromatic carbocycles. The van der Waals surface area contributed by atoms with Crippen molar-refractivity contribution in [1.29, 1.82) is 0 Å². The molecule has 178 valence electrons. The first-order valence-electron chi connectivity index (χ1n) is 11.8. The minimum Gasteiger partial charge on any atom is -0.495 e. The molecule has 0 saturated carbocycles. The van der Waals surface area contributed by atoms with Crippen molar-refractivity contribution in [3.63, 3.8) is 0 Å². The van der Waals surface area contributed by atoms with Gasteiger partial charge in [0.25, 0.3) is 0 Å². The maximum Gasteiger partial charge on any atom is 0.229 e. The first kappa shape index (κ1) is 23.7. The number of aldehydes is 1. The van der Waals surface area contributed by atoms with Crippen molar-refractivity contribution in [2.45, 2.75) is 53.1 Å². The molecular weight excluding hydrogens is 426 g/mol. The SMILES string of the molecule is CCc1cccc(Nc2nc(Nc3cc4c(cc3OC)CN(C(C)C)CC4)ncc2C)c1C=O. The monoisotopic (exact) mass is 459 g/mol. The lowest BCUT2D eigenvalue weighted by molar-refractivity contribution is 0.112. The highest BCUT2D eigenvalue weighted by molar-refractivity contribution is 5.88. The van der Waals surface area contributed by atoms with E-state index in [-0.39, 0.29) is 0 Å². The molecule has 34 heavy (non-hydrogen) atoms. The Morgan fingerprint density at radius 2 is 2.00 bits per heavy atom. The number of hydrogen-bond donors (Lipinski definition) is 2. The molecule has 0 atom stereocenters. The number of ether oxygens (including phenoxy) is 1. The van der Waals surface area contributed by atoms with Crippen LogP contribution >= 0.6 is 0 Å². The second kappa shape index (κ2) is 10.2. The van der Waals surface area contributed by atoms with Crippen molar-refractivity contribution in [3.8, 4) is 5.75 Å². The second-order valence-electron chi connectivity index (χ2n) is 8.96. The predicted octanol–water partition coefficient (Wildman–Crippen LogP) is 5.42. The summed E-state index contributed by atoms with van der Waals surface area (Å²) in [6, 6.07) is 10.6. The normalized spacial score (nSPS) is 13.5. The van der Waals surface area contributed by atoms with Gasteiger partial charge in [-0.05, 0) is 68.5 Å². The number of rotatable bonds is 8. The van der Waals surface area contributed by atoms with Crippen LogP contribution in [0, 0.1) is 6.92 Å². The molecule has 1 aromatic heterocycles. The van der Waals surface area contributed by atoms with E-state index in [9.17, 15) is 4.79 Å². The van der Waals surface area contributed by atoms with Crippen molar-refractivity contribution >= 4 is 29.4 Å². The van der Waals surface area contributed by atoms with E-state index in [1.165, 1.54) is 11.1 Å². The third-order valence-electron chi connectivity index (χ3n) is 6.46. The van der Waals surface area contributed by atoms with Gasteiger partial charge < -0.3 is 15.4 Å². The summed E-state index contributed by atoms with van der Waals surface area (Å²) in [6.07, 6.45) is 4.45. The topological polar surface area (TPSA) is 79.4 Å². The zero-order chi connectivity index (χ0) is 24.2. The summed E-state index contributed by atoms with van der Waals surface area (Å²) in [5.41, 5.74) is 6.74. The van der Waals surface area contributed by atoms with Gasteiger partial charge in [-0.15, -0.1) is 0 Å². The fourth-order valence-corrected chi connectivity index (χ4v) is 4.36. The number of fused-ring (bicyclic) bond motifs is 1. The maximum absolute atomic E-state index is 11.7. The lowest BCUT2D eigenvalue weighted by Crippen LogP contribution is -2.35. The number of anilines is 4. The van der Waals surface area contributed by atoms with Gasteiger partial charge in [0.1, 0.15) is 11.6 Å². The van der Waals surface area contributed by atoms with E-state index in [1.807, 2.05) is 32.0 Å². The smallest absolute Gasteiger partial charge is 0.229 e. The molecule has 0 radical (unpaired) electrons. The van der Waals surface area contributed by atoms with Gasteiger partial charge in [-0.1, -0.05) is 19.1 Å². The number of carbonyl (C=O) groups is 1. The summed E-state index contributed by atoms with van der Waals surface area (Å²) in [7, 11) is 1.68. The molecule has 2 heterocycles. The Kier molecular flexibility index (Phi) is 7.12. The number of aryl methyl sites for hydroxylation is 2. The second-order valence-corrected chi connectivity index (χ2v) is 8.96. The number of hydrogen-bond acceptors (Lipinski definition) is 7. The summed E-state index contributed by atoms with van der Waals surface area (Å²) in [6.45, 7) is 10.4. The van der Waals surface area contributed by atoms with E-state index >= 15 is 0 Å². The van der Waals surface area contributed by atoms with Gasteiger partial charge in [-0.3, -0.25) is 9.69 Å².